The molecule has 206 valence electrons. The van der Waals surface area contributed by atoms with Crippen molar-refractivity contribution in [3.05, 3.63) is 89.7 Å². The van der Waals surface area contributed by atoms with Crippen LogP contribution >= 0.6 is 0 Å². The van der Waals surface area contributed by atoms with Crippen LogP contribution in [0, 0.1) is 0 Å². The van der Waals surface area contributed by atoms with Crippen molar-refractivity contribution in [2.75, 3.05) is 7.11 Å². The minimum atomic E-state index is -3.53. The minimum Gasteiger partial charge on any atom is -0.497 e. The number of rotatable bonds is 13. The fraction of sp³-hybridized carbons (Fsp3) is 0.345. The number of amides is 2. The van der Waals surface area contributed by atoms with E-state index < -0.39 is 16.1 Å². The number of carbonyl (C=O) groups is 2. The molecule has 10 heteroatoms. The number of hydrogen-bond acceptors (Lipinski definition) is 6. The number of hydrogen-bond donors (Lipinski definition) is 2. The third-order valence-corrected chi connectivity index (χ3v) is 8.19. The first-order valence-electron chi connectivity index (χ1n) is 13.0. The summed E-state index contributed by atoms with van der Waals surface area (Å²) in [4.78, 5) is 32.2. The topological polar surface area (TPSA) is 118 Å². The van der Waals surface area contributed by atoms with Gasteiger partial charge in [0, 0.05) is 37.9 Å². The van der Waals surface area contributed by atoms with Gasteiger partial charge in [0.25, 0.3) is 0 Å². The van der Waals surface area contributed by atoms with Crippen molar-refractivity contribution < 1.29 is 22.7 Å². The van der Waals surface area contributed by atoms with Crippen molar-refractivity contribution in [2.24, 2.45) is 0 Å². The Balaban J connectivity index is 1.42. The molecule has 1 saturated carbocycles. The van der Waals surface area contributed by atoms with Gasteiger partial charge in [-0.15, -0.1) is 0 Å². The number of nitrogens with zero attached hydrogens (tertiary/aromatic N) is 2. The van der Waals surface area contributed by atoms with Crippen LogP contribution in [0.15, 0.2) is 78.0 Å². The maximum Gasteiger partial charge on any atom is 0.242 e. The summed E-state index contributed by atoms with van der Waals surface area (Å²) >= 11 is 0. The molecule has 0 spiro atoms. The molecule has 1 aliphatic carbocycles. The van der Waals surface area contributed by atoms with Gasteiger partial charge in [-0.2, -0.15) is 0 Å². The molecule has 0 bridgehead atoms. The summed E-state index contributed by atoms with van der Waals surface area (Å²) in [5, 5.41) is 2.91. The summed E-state index contributed by atoms with van der Waals surface area (Å²) in [6.45, 7) is 2.31. The molecule has 1 heterocycles. The molecule has 2 aromatic carbocycles. The van der Waals surface area contributed by atoms with E-state index in [2.05, 4.69) is 15.0 Å². The summed E-state index contributed by atoms with van der Waals surface area (Å²) in [5.74, 6) is 0.272. The van der Waals surface area contributed by atoms with E-state index in [1.807, 2.05) is 36.4 Å². The van der Waals surface area contributed by atoms with E-state index in [9.17, 15) is 18.0 Å². The van der Waals surface area contributed by atoms with E-state index in [1.54, 1.807) is 55.6 Å². The predicted molar refractivity (Wildman–Crippen MR) is 147 cm³/mol. The van der Waals surface area contributed by atoms with Crippen LogP contribution in [-0.4, -0.2) is 49.3 Å². The van der Waals surface area contributed by atoms with Crippen LogP contribution < -0.4 is 14.8 Å². The lowest BCUT2D eigenvalue weighted by Gasteiger charge is -2.29. The Hall–Kier alpha value is -3.76. The molecule has 1 aromatic heterocycles. The van der Waals surface area contributed by atoms with Crippen LogP contribution in [0.4, 0.5) is 0 Å². The van der Waals surface area contributed by atoms with Crippen LogP contribution in [0.1, 0.15) is 42.9 Å². The van der Waals surface area contributed by atoms with Gasteiger partial charge in [0.1, 0.15) is 11.8 Å². The van der Waals surface area contributed by atoms with E-state index in [0.717, 1.165) is 29.5 Å². The van der Waals surface area contributed by atoms with Gasteiger partial charge >= 0.3 is 0 Å². The van der Waals surface area contributed by atoms with Gasteiger partial charge in [-0.3, -0.25) is 14.6 Å². The van der Waals surface area contributed by atoms with Crippen molar-refractivity contribution in [1.82, 2.24) is 19.9 Å². The lowest BCUT2D eigenvalue weighted by Crippen LogP contribution is -2.47. The summed E-state index contributed by atoms with van der Waals surface area (Å²) in [6.07, 6.45) is 5.65. The van der Waals surface area contributed by atoms with Crippen molar-refractivity contribution in [1.29, 1.82) is 0 Å². The highest BCUT2D eigenvalue weighted by molar-refractivity contribution is 7.89. The van der Waals surface area contributed by atoms with Crippen LogP contribution in [0.5, 0.6) is 5.75 Å². The number of methoxy groups -OCH3 is 1. The van der Waals surface area contributed by atoms with Gasteiger partial charge in [0.05, 0.1) is 12.0 Å². The highest BCUT2D eigenvalue weighted by Gasteiger charge is 2.28. The Kier molecular flexibility index (Phi) is 9.32. The van der Waals surface area contributed by atoms with Gasteiger partial charge in [-0.25, -0.2) is 13.1 Å². The van der Waals surface area contributed by atoms with E-state index in [0.29, 0.717) is 18.7 Å². The number of ether oxygens (including phenoxy) is 1. The molecule has 1 fully saturated rings. The zero-order valence-corrected chi connectivity index (χ0v) is 23.0. The van der Waals surface area contributed by atoms with E-state index in [1.165, 1.54) is 0 Å². The maximum absolute atomic E-state index is 13.4. The quantitative estimate of drug-likeness (QED) is 0.338. The molecule has 4 rings (SSSR count). The Morgan fingerprint density at radius 3 is 2.23 bits per heavy atom. The normalized spacial score (nSPS) is 13.9. The molecule has 0 unspecified atom stereocenters. The maximum atomic E-state index is 13.4. The number of benzene rings is 2. The second-order valence-electron chi connectivity index (χ2n) is 9.66. The molecule has 0 saturated heterocycles. The van der Waals surface area contributed by atoms with Gasteiger partial charge in [0.15, 0.2) is 0 Å². The monoisotopic (exact) mass is 550 g/mol. The Labute approximate surface area is 229 Å². The summed E-state index contributed by atoms with van der Waals surface area (Å²) in [6, 6.07) is 16.9. The second-order valence-corrected chi connectivity index (χ2v) is 11.4. The lowest BCUT2D eigenvalue weighted by molar-refractivity contribution is -0.140. The number of nitrogens with one attached hydrogen (secondary N) is 2. The molecule has 0 aliphatic heterocycles. The van der Waals surface area contributed by atoms with Gasteiger partial charge in [-0.05, 0) is 79.3 Å². The number of sulfonamides is 1. The molecule has 2 N–H and O–H groups in total. The average molecular weight is 551 g/mol. The van der Waals surface area contributed by atoms with Crippen molar-refractivity contribution in [3.8, 4) is 5.75 Å². The first-order valence-corrected chi connectivity index (χ1v) is 14.4. The largest absolute Gasteiger partial charge is 0.497 e. The second kappa shape index (κ2) is 12.9. The number of pyridine rings is 1. The zero-order chi connectivity index (χ0) is 27.8. The molecule has 1 atom stereocenters. The molecule has 9 nitrogen and oxygen atoms in total. The Bertz CT molecular complexity index is 1360. The van der Waals surface area contributed by atoms with E-state index in [-0.39, 0.29) is 35.7 Å². The Morgan fingerprint density at radius 2 is 1.62 bits per heavy atom. The summed E-state index contributed by atoms with van der Waals surface area (Å²) < 4.78 is 32.7. The van der Waals surface area contributed by atoms with Crippen LogP contribution in [0.2, 0.25) is 0 Å². The van der Waals surface area contributed by atoms with Crippen LogP contribution in [0.3, 0.4) is 0 Å². The highest BCUT2D eigenvalue weighted by atomic mass is 32.2. The zero-order valence-electron chi connectivity index (χ0n) is 22.2. The fourth-order valence-corrected chi connectivity index (χ4v) is 5.37. The number of aryl methyl sites for hydroxylation is 1. The van der Waals surface area contributed by atoms with Gasteiger partial charge in [-0.1, -0.05) is 24.3 Å². The fourth-order valence-electron chi connectivity index (χ4n) is 4.07. The number of carbonyl (C=O) groups excluding carboxylic acids is 2. The third-order valence-electron chi connectivity index (χ3n) is 6.66. The molecule has 0 radical (unpaired) electrons. The molecular weight excluding hydrogens is 516 g/mol. The standard InChI is InChI=1S/C29H34N4O5S/c1-21(29(35)31-19-23-15-17-30-18-16-23)33(20-24-3-10-26(38-2)11-4-24)28(34)14-7-22-5-12-27(13-6-22)39(36,37)32-25-8-9-25/h3-6,10-13,15-18,21,25,32H,7-9,14,19-20H2,1-2H3,(H,31,35)/t21-/m1/s1. The SMILES string of the molecule is COc1ccc(CN(C(=O)CCc2ccc(S(=O)(=O)NC3CC3)cc2)[C@H](C)C(=O)NCc2ccncc2)cc1. The van der Waals surface area contributed by atoms with Crippen molar-refractivity contribution >= 4 is 21.8 Å². The van der Waals surface area contributed by atoms with E-state index in [4.69, 9.17) is 4.74 Å². The van der Waals surface area contributed by atoms with Gasteiger partial charge in [0.2, 0.25) is 21.8 Å². The average Bonchev–Trinajstić information content (AvgIpc) is 3.77. The third kappa shape index (κ3) is 8.11. The van der Waals surface area contributed by atoms with Crippen molar-refractivity contribution in [2.45, 2.75) is 62.7 Å². The minimum absolute atomic E-state index is 0.0351. The first kappa shape index (κ1) is 28.3. The van der Waals surface area contributed by atoms with E-state index >= 15 is 0 Å². The lowest BCUT2D eigenvalue weighted by atomic mass is 10.1. The summed E-state index contributed by atoms with van der Waals surface area (Å²) in [7, 11) is -1.94. The van der Waals surface area contributed by atoms with Crippen molar-refractivity contribution in [3.63, 3.8) is 0 Å². The molecule has 39 heavy (non-hydrogen) atoms. The Morgan fingerprint density at radius 1 is 0.974 bits per heavy atom. The molecule has 3 aromatic rings. The smallest absolute Gasteiger partial charge is 0.242 e. The van der Waals surface area contributed by atoms with Gasteiger partial charge < -0.3 is 15.0 Å². The predicted octanol–water partition coefficient (Wildman–Crippen LogP) is 3.20. The van der Waals surface area contributed by atoms with Crippen LogP contribution in [-0.2, 0) is 39.1 Å². The molecular formula is C29H34N4O5S. The molecule has 1 aliphatic rings. The highest BCUT2D eigenvalue weighted by Crippen LogP contribution is 2.23. The number of aromatic nitrogens is 1. The first-order chi connectivity index (χ1) is 18.7. The van der Waals surface area contributed by atoms with Crippen LogP contribution in [0.25, 0.3) is 0 Å². The molecule has 2 amide bonds. The summed E-state index contributed by atoms with van der Waals surface area (Å²) in [5.41, 5.74) is 2.62.